The van der Waals surface area contributed by atoms with Crippen LogP contribution in [0.3, 0.4) is 0 Å². The van der Waals surface area contributed by atoms with Gasteiger partial charge in [0, 0.05) is 11.3 Å². The molecule has 4 heteroatoms. The minimum Gasteiger partial charge on any atom is -0.467 e. The Hall–Kier alpha value is -0.770. The second kappa shape index (κ2) is 4.17. The Morgan fingerprint density at radius 1 is 1.43 bits per heavy atom. The SMILES string of the molecule is OC(Cc1ccc(Cl)s1)c1ccco1. The summed E-state index contributed by atoms with van der Waals surface area (Å²) in [5.74, 6) is 0.592. The van der Waals surface area contributed by atoms with E-state index in [1.54, 1.807) is 18.4 Å². The van der Waals surface area contributed by atoms with Crippen LogP contribution < -0.4 is 0 Å². The molecular formula is C10H9ClO2S. The van der Waals surface area contributed by atoms with E-state index < -0.39 is 6.10 Å². The molecule has 1 N–H and O–H groups in total. The summed E-state index contributed by atoms with van der Waals surface area (Å²) in [5, 5.41) is 9.74. The van der Waals surface area contributed by atoms with Crippen molar-refractivity contribution in [3.05, 3.63) is 45.5 Å². The predicted molar refractivity (Wildman–Crippen MR) is 56.7 cm³/mol. The van der Waals surface area contributed by atoms with Crippen LogP contribution in [0.5, 0.6) is 0 Å². The molecule has 1 unspecified atom stereocenters. The monoisotopic (exact) mass is 228 g/mol. The molecule has 0 saturated heterocycles. The van der Waals surface area contributed by atoms with Crippen LogP contribution in [0, 0.1) is 0 Å². The molecule has 2 aromatic rings. The number of rotatable bonds is 3. The Balaban J connectivity index is 2.05. The van der Waals surface area contributed by atoms with Crippen LogP contribution in [0.15, 0.2) is 34.9 Å². The largest absolute Gasteiger partial charge is 0.467 e. The number of aliphatic hydroxyl groups is 1. The molecule has 0 aliphatic rings. The van der Waals surface area contributed by atoms with E-state index in [4.69, 9.17) is 16.0 Å². The van der Waals surface area contributed by atoms with Crippen molar-refractivity contribution in [1.29, 1.82) is 0 Å². The van der Waals surface area contributed by atoms with E-state index in [1.807, 2.05) is 12.1 Å². The first-order chi connectivity index (χ1) is 6.75. The molecule has 0 radical (unpaired) electrons. The van der Waals surface area contributed by atoms with Gasteiger partial charge in [-0.1, -0.05) is 11.6 Å². The van der Waals surface area contributed by atoms with E-state index in [2.05, 4.69) is 0 Å². The van der Waals surface area contributed by atoms with E-state index in [-0.39, 0.29) is 0 Å². The summed E-state index contributed by atoms with van der Waals surface area (Å²) in [4.78, 5) is 1.05. The van der Waals surface area contributed by atoms with Gasteiger partial charge in [-0.25, -0.2) is 0 Å². The molecule has 0 fully saturated rings. The predicted octanol–water partition coefficient (Wildman–Crippen LogP) is 3.27. The zero-order valence-electron chi connectivity index (χ0n) is 7.31. The van der Waals surface area contributed by atoms with E-state index >= 15 is 0 Å². The maximum atomic E-state index is 9.74. The Bertz CT molecular complexity index is 394. The minimum atomic E-state index is -0.584. The Labute approximate surface area is 90.8 Å². The van der Waals surface area contributed by atoms with Crippen LogP contribution in [0.25, 0.3) is 0 Å². The standard InChI is InChI=1S/C10H9ClO2S/c11-10-4-3-7(14-10)6-8(12)9-2-1-5-13-9/h1-5,8,12H,6H2. The first-order valence-corrected chi connectivity index (χ1v) is 5.41. The number of furan rings is 1. The van der Waals surface area contributed by atoms with Crippen LogP contribution in [0.4, 0.5) is 0 Å². The van der Waals surface area contributed by atoms with Gasteiger partial charge in [-0.3, -0.25) is 0 Å². The second-order valence-corrected chi connectivity index (χ2v) is 4.74. The average molecular weight is 229 g/mol. The highest BCUT2D eigenvalue weighted by Crippen LogP contribution is 2.26. The summed E-state index contributed by atoms with van der Waals surface area (Å²) >= 11 is 7.26. The maximum absolute atomic E-state index is 9.74. The van der Waals surface area contributed by atoms with Gasteiger partial charge < -0.3 is 9.52 Å². The van der Waals surface area contributed by atoms with Gasteiger partial charge in [0.05, 0.1) is 10.6 Å². The zero-order valence-corrected chi connectivity index (χ0v) is 8.89. The highest BCUT2D eigenvalue weighted by Gasteiger charge is 2.12. The van der Waals surface area contributed by atoms with Gasteiger partial charge in [-0.15, -0.1) is 11.3 Å². The van der Waals surface area contributed by atoms with E-state index in [1.165, 1.54) is 11.3 Å². The molecule has 1 atom stereocenters. The molecule has 0 spiro atoms. The molecule has 2 rings (SSSR count). The van der Waals surface area contributed by atoms with Crippen LogP contribution in [-0.2, 0) is 6.42 Å². The summed E-state index contributed by atoms with van der Waals surface area (Å²) in [7, 11) is 0. The van der Waals surface area contributed by atoms with Gasteiger partial charge in [-0.05, 0) is 24.3 Å². The van der Waals surface area contributed by atoms with Crippen LogP contribution >= 0.6 is 22.9 Å². The summed E-state index contributed by atoms with van der Waals surface area (Å²) in [5.41, 5.74) is 0. The minimum absolute atomic E-state index is 0.547. The molecule has 2 aromatic heterocycles. The number of aliphatic hydroxyl groups excluding tert-OH is 1. The van der Waals surface area contributed by atoms with E-state index in [0.29, 0.717) is 12.2 Å². The first kappa shape index (κ1) is 9.77. The lowest BCUT2D eigenvalue weighted by molar-refractivity contribution is 0.151. The van der Waals surface area contributed by atoms with Crippen molar-refractivity contribution in [2.45, 2.75) is 12.5 Å². The molecule has 0 aliphatic carbocycles. The topological polar surface area (TPSA) is 33.4 Å². The van der Waals surface area contributed by atoms with Gasteiger partial charge in [0.15, 0.2) is 0 Å². The molecule has 14 heavy (non-hydrogen) atoms. The number of halogens is 1. The third-order valence-corrected chi connectivity index (χ3v) is 3.15. The van der Waals surface area contributed by atoms with Crippen LogP contribution in [0.1, 0.15) is 16.7 Å². The number of thiophene rings is 1. The van der Waals surface area contributed by atoms with Gasteiger partial charge in [0.25, 0.3) is 0 Å². The normalized spacial score (nSPS) is 13.0. The highest BCUT2D eigenvalue weighted by atomic mass is 35.5. The third-order valence-electron chi connectivity index (χ3n) is 1.89. The van der Waals surface area contributed by atoms with Gasteiger partial charge in [0.2, 0.25) is 0 Å². The van der Waals surface area contributed by atoms with Crippen molar-refractivity contribution >= 4 is 22.9 Å². The third kappa shape index (κ3) is 2.18. The fourth-order valence-corrected chi connectivity index (χ4v) is 2.36. The van der Waals surface area contributed by atoms with Crippen molar-refractivity contribution in [2.24, 2.45) is 0 Å². The fraction of sp³-hybridized carbons (Fsp3) is 0.200. The Kier molecular flexibility index (Phi) is 2.91. The summed E-state index contributed by atoms with van der Waals surface area (Å²) < 4.78 is 5.84. The van der Waals surface area contributed by atoms with Crippen molar-refractivity contribution < 1.29 is 9.52 Å². The Morgan fingerprint density at radius 2 is 2.29 bits per heavy atom. The average Bonchev–Trinajstić information content (AvgIpc) is 2.75. The van der Waals surface area contributed by atoms with E-state index in [9.17, 15) is 5.11 Å². The number of hydrogen-bond donors (Lipinski definition) is 1. The second-order valence-electron chi connectivity index (χ2n) is 2.94. The van der Waals surface area contributed by atoms with Crippen LogP contribution in [-0.4, -0.2) is 5.11 Å². The molecule has 0 aliphatic heterocycles. The molecule has 0 bridgehead atoms. The van der Waals surface area contributed by atoms with Gasteiger partial charge in [-0.2, -0.15) is 0 Å². The quantitative estimate of drug-likeness (QED) is 0.875. The summed E-state index contributed by atoms with van der Waals surface area (Å²) in [6, 6.07) is 7.27. The lowest BCUT2D eigenvalue weighted by Gasteiger charge is -2.04. The van der Waals surface area contributed by atoms with Crippen molar-refractivity contribution in [1.82, 2.24) is 0 Å². The lowest BCUT2D eigenvalue weighted by Crippen LogP contribution is -1.98. The Morgan fingerprint density at radius 3 is 2.86 bits per heavy atom. The summed E-state index contributed by atoms with van der Waals surface area (Å²) in [6.07, 6.45) is 1.52. The smallest absolute Gasteiger partial charge is 0.132 e. The van der Waals surface area contributed by atoms with E-state index in [0.717, 1.165) is 9.21 Å². The summed E-state index contributed by atoms with van der Waals surface area (Å²) in [6.45, 7) is 0. The van der Waals surface area contributed by atoms with Crippen molar-refractivity contribution in [2.75, 3.05) is 0 Å². The van der Waals surface area contributed by atoms with Crippen molar-refractivity contribution in [3.63, 3.8) is 0 Å². The highest BCUT2D eigenvalue weighted by molar-refractivity contribution is 7.16. The number of hydrogen-bond acceptors (Lipinski definition) is 3. The molecule has 0 saturated carbocycles. The zero-order chi connectivity index (χ0) is 9.97. The molecule has 74 valence electrons. The maximum Gasteiger partial charge on any atom is 0.132 e. The first-order valence-electron chi connectivity index (χ1n) is 4.21. The molecule has 0 aromatic carbocycles. The van der Waals surface area contributed by atoms with Crippen molar-refractivity contribution in [3.8, 4) is 0 Å². The fourth-order valence-electron chi connectivity index (χ4n) is 1.23. The molecule has 0 amide bonds. The molecule has 2 nitrogen and oxygen atoms in total. The molecule has 2 heterocycles. The van der Waals surface area contributed by atoms with Gasteiger partial charge in [0.1, 0.15) is 11.9 Å². The van der Waals surface area contributed by atoms with Crippen LogP contribution in [0.2, 0.25) is 4.34 Å². The van der Waals surface area contributed by atoms with Gasteiger partial charge >= 0.3 is 0 Å². The molecular weight excluding hydrogens is 220 g/mol. The lowest BCUT2D eigenvalue weighted by atomic mass is 10.2.